The molecule has 0 saturated heterocycles. The lowest BCUT2D eigenvalue weighted by molar-refractivity contribution is 0.191. The summed E-state index contributed by atoms with van der Waals surface area (Å²) in [5.41, 5.74) is 0.0709. The molecule has 0 spiro atoms. The van der Waals surface area contributed by atoms with Crippen LogP contribution in [0.1, 0.15) is 25.8 Å². The Hall–Kier alpha value is 0.0500. The summed E-state index contributed by atoms with van der Waals surface area (Å²) in [6.45, 7) is 5.11. The molecule has 1 rings (SSSR count). The van der Waals surface area contributed by atoms with Crippen LogP contribution in [0.2, 0.25) is 0 Å². The van der Waals surface area contributed by atoms with Gasteiger partial charge in [-0.15, -0.1) is 0 Å². The minimum atomic E-state index is -3.70. The van der Waals surface area contributed by atoms with Crippen LogP contribution < -0.4 is 4.72 Å². The van der Waals surface area contributed by atoms with Crippen molar-refractivity contribution in [3.8, 4) is 0 Å². The number of rotatable bonds is 5. The van der Waals surface area contributed by atoms with Gasteiger partial charge in [0.2, 0.25) is 10.0 Å². The minimum Gasteiger partial charge on any atom is -0.394 e. The van der Waals surface area contributed by atoms with Crippen LogP contribution in [0.5, 0.6) is 0 Å². The molecule has 0 aromatic heterocycles. The van der Waals surface area contributed by atoms with Crippen molar-refractivity contribution in [1.29, 1.82) is 0 Å². The standard InChI is InChI=1S/C12H17Br2NO3S/c1-4-12(3,7-16)15-19(17,18)11-6-9(13)8(2)5-10(11)14/h5-6,15-16H,4,7H2,1-3H3. The monoisotopic (exact) mass is 413 g/mol. The molecule has 0 saturated carbocycles. The SMILES string of the molecule is CCC(C)(CO)NS(=O)(=O)c1cc(Br)c(C)cc1Br. The van der Waals surface area contributed by atoms with Gasteiger partial charge in [-0.1, -0.05) is 22.9 Å². The Morgan fingerprint density at radius 2 is 1.89 bits per heavy atom. The van der Waals surface area contributed by atoms with Gasteiger partial charge in [0, 0.05) is 8.95 Å². The third kappa shape index (κ3) is 4.01. The van der Waals surface area contributed by atoms with E-state index in [1.54, 1.807) is 19.1 Å². The van der Waals surface area contributed by atoms with Crippen LogP contribution in [-0.2, 0) is 10.0 Å². The minimum absolute atomic E-state index is 0.151. The first-order valence-corrected chi connectivity index (χ1v) is 8.82. The zero-order chi connectivity index (χ0) is 14.8. The molecular formula is C12H17Br2NO3S. The van der Waals surface area contributed by atoms with Crippen LogP contribution >= 0.6 is 31.9 Å². The zero-order valence-electron chi connectivity index (χ0n) is 11.0. The van der Waals surface area contributed by atoms with Crippen LogP contribution in [0.3, 0.4) is 0 Å². The number of halogens is 2. The molecule has 0 radical (unpaired) electrons. The molecular weight excluding hydrogens is 398 g/mol. The normalized spacial score (nSPS) is 15.3. The van der Waals surface area contributed by atoms with E-state index in [1.807, 2.05) is 13.8 Å². The van der Waals surface area contributed by atoms with Crippen molar-refractivity contribution in [2.75, 3.05) is 6.61 Å². The molecule has 0 heterocycles. The number of nitrogens with one attached hydrogen (secondary N) is 1. The molecule has 1 aromatic rings. The predicted octanol–water partition coefficient (Wildman–Crippen LogP) is 2.96. The maximum Gasteiger partial charge on any atom is 0.242 e. The van der Waals surface area contributed by atoms with E-state index >= 15 is 0 Å². The van der Waals surface area contributed by atoms with Gasteiger partial charge >= 0.3 is 0 Å². The van der Waals surface area contributed by atoms with Crippen molar-refractivity contribution in [3.63, 3.8) is 0 Å². The van der Waals surface area contributed by atoms with E-state index in [1.165, 1.54) is 0 Å². The van der Waals surface area contributed by atoms with E-state index in [9.17, 15) is 13.5 Å². The third-order valence-electron chi connectivity index (χ3n) is 3.01. The second-order valence-corrected chi connectivity index (χ2v) is 8.07. The topological polar surface area (TPSA) is 66.4 Å². The van der Waals surface area contributed by atoms with Gasteiger partial charge in [0.05, 0.1) is 17.0 Å². The lowest BCUT2D eigenvalue weighted by atomic mass is 10.0. The Balaban J connectivity index is 3.25. The molecule has 7 heteroatoms. The predicted molar refractivity (Wildman–Crippen MR) is 82.7 cm³/mol. The average Bonchev–Trinajstić information content (AvgIpc) is 2.33. The first-order valence-electron chi connectivity index (χ1n) is 5.75. The summed E-state index contributed by atoms with van der Waals surface area (Å²) < 4.78 is 28.5. The molecule has 0 aliphatic carbocycles. The second kappa shape index (κ2) is 6.22. The molecule has 0 amide bonds. The van der Waals surface area contributed by atoms with Gasteiger partial charge < -0.3 is 5.11 Å². The van der Waals surface area contributed by atoms with Crippen LogP contribution in [0.15, 0.2) is 26.0 Å². The zero-order valence-corrected chi connectivity index (χ0v) is 15.0. The summed E-state index contributed by atoms with van der Waals surface area (Å²) in [5.74, 6) is 0. The van der Waals surface area contributed by atoms with Crippen LogP contribution in [0.25, 0.3) is 0 Å². The van der Waals surface area contributed by atoms with Crippen molar-refractivity contribution >= 4 is 41.9 Å². The Morgan fingerprint density at radius 1 is 1.32 bits per heavy atom. The Bertz CT molecular complexity index is 569. The molecule has 2 N–H and O–H groups in total. The number of hydrogen-bond donors (Lipinski definition) is 2. The highest BCUT2D eigenvalue weighted by atomic mass is 79.9. The smallest absolute Gasteiger partial charge is 0.242 e. The van der Waals surface area contributed by atoms with Gasteiger partial charge in [-0.3, -0.25) is 0 Å². The molecule has 0 fully saturated rings. The number of hydrogen-bond acceptors (Lipinski definition) is 3. The van der Waals surface area contributed by atoms with Gasteiger partial charge in [0.25, 0.3) is 0 Å². The molecule has 1 aromatic carbocycles. The van der Waals surface area contributed by atoms with Crippen LogP contribution in [0.4, 0.5) is 0 Å². The van der Waals surface area contributed by atoms with Gasteiger partial charge in [-0.25, -0.2) is 13.1 Å². The molecule has 1 unspecified atom stereocenters. The summed E-state index contributed by atoms with van der Waals surface area (Å²) in [4.78, 5) is 0.151. The average molecular weight is 415 g/mol. The van der Waals surface area contributed by atoms with Crippen molar-refractivity contribution < 1.29 is 13.5 Å². The summed E-state index contributed by atoms with van der Waals surface area (Å²) >= 11 is 6.59. The second-order valence-electron chi connectivity index (χ2n) is 4.71. The molecule has 0 aliphatic heterocycles. The van der Waals surface area contributed by atoms with E-state index in [0.717, 1.165) is 10.0 Å². The van der Waals surface area contributed by atoms with Gasteiger partial charge in [-0.05, 0) is 53.9 Å². The highest BCUT2D eigenvalue weighted by molar-refractivity contribution is 9.11. The quantitative estimate of drug-likeness (QED) is 0.778. The fourth-order valence-corrected chi connectivity index (χ4v) is 4.58. The van der Waals surface area contributed by atoms with E-state index < -0.39 is 15.6 Å². The van der Waals surface area contributed by atoms with Gasteiger partial charge in [0.1, 0.15) is 0 Å². The van der Waals surface area contributed by atoms with Crippen LogP contribution in [0, 0.1) is 6.92 Å². The highest BCUT2D eigenvalue weighted by Gasteiger charge is 2.29. The molecule has 108 valence electrons. The first kappa shape index (κ1) is 17.1. The molecule has 0 aliphatic rings. The number of aliphatic hydroxyl groups excluding tert-OH is 1. The fourth-order valence-electron chi connectivity index (χ4n) is 1.43. The van der Waals surface area contributed by atoms with E-state index in [-0.39, 0.29) is 11.5 Å². The Kier molecular flexibility index (Phi) is 5.60. The number of benzene rings is 1. The highest BCUT2D eigenvalue weighted by Crippen LogP contribution is 2.29. The fraction of sp³-hybridized carbons (Fsp3) is 0.500. The van der Waals surface area contributed by atoms with Crippen molar-refractivity contribution in [2.45, 2.75) is 37.6 Å². The summed E-state index contributed by atoms with van der Waals surface area (Å²) in [6.07, 6.45) is 0.493. The molecule has 1 atom stereocenters. The lowest BCUT2D eigenvalue weighted by Crippen LogP contribution is -2.48. The lowest BCUT2D eigenvalue weighted by Gasteiger charge is -2.27. The Morgan fingerprint density at radius 3 is 2.37 bits per heavy atom. The largest absolute Gasteiger partial charge is 0.394 e. The maximum absolute atomic E-state index is 12.4. The number of aryl methyl sites for hydroxylation is 1. The van der Waals surface area contributed by atoms with Crippen molar-refractivity contribution in [3.05, 3.63) is 26.6 Å². The Labute approximate surface area is 130 Å². The van der Waals surface area contributed by atoms with Gasteiger partial charge in [0.15, 0.2) is 0 Å². The molecule has 0 bridgehead atoms. The van der Waals surface area contributed by atoms with Crippen molar-refractivity contribution in [2.24, 2.45) is 0 Å². The number of aliphatic hydroxyl groups is 1. The van der Waals surface area contributed by atoms with Crippen molar-refractivity contribution in [1.82, 2.24) is 4.72 Å². The van der Waals surface area contributed by atoms with Crippen LogP contribution in [-0.4, -0.2) is 25.7 Å². The maximum atomic E-state index is 12.4. The summed E-state index contributed by atoms with van der Waals surface area (Å²) in [6, 6.07) is 3.29. The van der Waals surface area contributed by atoms with E-state index in [2.05, 4.69) is 36.6 Å². The summed E-state index contributed by atoms with van der Waals surface area (Å²) in [5, 5.41) is 9.32. The molecule has 4 nitrogen and oxygen atoms in total. The molecule has 19 heavy (non-hydrogen) atoms. The first-order chi connectivity index (χ1) is 8.65. The number of sulfonamides is 1. The summed E-state index contributed by atoms with van der Waals surface area (Å²) in [7, 11) is -3.70. The van der Waals surface area contributed by atoms with Gasteiger partial charge in [-0.2, -0.15) is 0 Å². The van der Waals surface area contributed by atoms with E-state index in [4.69, 9.17) is 0 Å². The van der Waals surface area contributed by atoms with E-state index in [0.29, 0.717) is 10.9 Å². The third-order valence-corrected chi connectivity index (χ3v) is 6.46.